The first-order chi connectivity index (χ1) is 10.7. The summed E-state index contributed by atoms with van der Waals surface area (Å²) in [6.45, 7) is 2.11. The van der Waals surface area contributed by atoms with E-state index >= 15 is 0 Å². The number of hydrogen-bond acceptors (Lipinski definition) is 4. The summed E-state index contributed by atoms with van der Waals surface area (Å²) in [5.41, 5.74) is 0. The zero-order valence-electron chi connectivity index (χ0n) is 13.9. The van der Waals surface area contributed by atoms with Gasteiger partial charge >= 0.3 is 5.97 Å². The van der Waals surface area contributed by atoms with E-state index in [0.29, 0.717) is 6.42 Å². The number of ketones is 1. The lowest BCUT2D eigenvalue weighted by atomic mass is 9.82. The molecule has 4 heteroatoms. The topological polar surface area (TPSA) is 60.4 Å². The predicted octanol–water partition coefficient (Wildman–Crippen LogP) is 3.85. The molecule has 0 aromatic carbocycles. The highest BCUT2D eigenvalue weighted by Crippen LogP contribution is 2.30. The van der Waals surface area contributed by atoms with Gasteiger partial charge in [-0.1, -0.05) is 51.9 Å². The minimum atomic E-state index is -0.501. The van der Waals surface area contributed by atoms with Crippen LogP contribution < -0.4 is 0 Å². The fraction of sp³-hybridized carbons (Fsp3) is 0.833. The Morgan fingerprint density at radius 1 is 1.05 bits per heavy atom. The van der Waals surface area contributed by atoms with E-state index in [0.717, 1.165) is 64.1 Å². The monoisotopic (exact) mass is 310 g/mol. The van der Waals surface area contributed by atoms with E-state index in [1.165, 1.54) is 6.42 Å². The molecule has 4 nitrogen and oxygen atoms in total. The Bertz CT molecular complexity index is 335. The number of rotatable bonds is 13. The first-order valence-electron chi connectivity index (χ1n) is 8.83. The molecule has 0 saturated carbocycles. The van der Waals surface area contributed by atoms with Gasteiger partial charge in [-0.2, -0.15) is 0 Å². The van der Waals surface area contributed by atoms with Crippen LogP contribution in [-0.4, -0.2) is 24.6 Å². The molecule has 0 amide bonds. The van der Waals surface area contributed by atoms with Crippen LogP contribution >= 0.6 is 0 Å². The number of carbonyl (C=O) groups excluding carboxylic acids is 3. The largest absolute Gasteiger partial charge is 0.457 e. The third kappa shape index (κ3) is 6.71. The smallest absolute Gasteiger partial charge is 0.317 e. The van der Waals surface area contributed by atoms with Crippen molar-refractivity contribution in [2.45, 2.75) is 77.6 Å². The van der Waals surface area contributed by atoms with E-state index in [1.54, 1.807) is 0 Å². The van der Waals surface area contributed by atoms with Crippen LogP contribution in [0.4, 0.5) is 0 Å². The molecule has 2 atom stereocenters. The highest BCUT2D eigenvalue weighted by atomic mass is 16.5. The van der Waals surface area contributed by atoms with Crippen molar-refractivity contribution >= 4 is 18.0 Å². The molecule has 0 spiro atoms. The van der Waals surface area contributed by atoms with E-state index < -0.39 is 5.92 Å². The van der Waals surface area contributed by atoms with Gasteiger partial charge in [-0.3, -0.25) is 9.59 Å². The lowest BCUT2D eigenvalue weighted by molar-refractivity contribution is -0.143. The average Bonchev–Trinajstić information content (AvgIpc) is 2.84. The van der Waals surface area contributed by atoms with Crippen LogP contribution in [0.2, 0.25) is 0 Å². The average molecular weight is 310 g/mol. The third-order valence-electron chi connectivity index (χ3n) is 4.50. The van der Waals surface area contributed by atoms with Gasteiger partial charge in [-0.15, -0.1) is 0 Å². The van der Waals surface area contributed by atoms with Gasteiger partial charge in [-0.25, -0.2) is 0 Å². The van der Waals surface area contributed by atoms with Gasteiger partial charge in [0.25, 0.3) is 0 Å². The number of Topliss-reactive ketones (excluding diaryl/α,β-unsaturated/α-hetero) is 1. The molecule has 1 rings (SSSR count). The molecule has 1 aliphatic rings. The highest BCUT2D eigenvalue weighted by molar-refractivity contribution is 6.04. The van der Waals surface area contributed by atoms with Crippen molar-refractivity contribution in [3.63, 3.8) is 0 Å². The van der Waals surface area contributed by atoms with Crippen molar-refractivity contribution in [3.05, 3.63) is 0 Å². The van der Waals surface area contributed by atoms with Crippen LogP contribution in [0.1, 0.15) is 77.6 Å². The molecule has 0 aliphatic carbocycles. The third-order valence-corrected chi connectivity index (χ3v) is 4.50. The van der Waals surface area contributed by atoms with Crippen molar-refractivity contribution in [2.75, 3.05) is 6.61 Å². The van der Waals surface area contributed by atoms with Gasteiger partial charge < -0.3 is 9.53 Å². The van der Waals surface area contributed by atoms with Gasteiger partial charge in [0.05, 0.1) is 0 Å². The van der Waals surface area contributed by atoms with Crippen LogP contribution in [0.3, 0.4) is 0 Å². The Kier molecular flexibility index (Phi) is 9.76. The number of esters is 1. The van der Waals surface area contributed by atoms with Crippen LogP contribution in [-0.2, 0) is 19.1 Å². The maximum absolute atomic E-state index is 11.9. The first kappa shape index (κ1) is 18.9. The van der Waals surface area contributed by atoms with Gasteiger partial charge in [0.15, 0.2) is 12.4 Å². The minimum Gasteiger partial charge on any atom is -0.457 e. The summed E-state index contributed by atoms with van der Waals surface area (Å²) in [6, 6.07) is 0. The molecule has 1 fully saturated rings. The fourth-order valence-corrected chi connectivity index (χ4v) is 3.19. The SMILES string of the molecule is CCCCC(CCCCCCCCC=O)C1C(=O)COC1=O. The summed E-state index contributed by atoms with van der Waals surface area (Å²) in [7, 11) is 0. The second-order valence-corrected chi connectivity index (χ2v) is 6.32. The molecule has 0 bridgehead atoms. The Balaban J connectivity index is 2.25. The maximum Gasteiger partial charge on any atom is 0.317 e. The summed E-state index contributed by atoms with van der Waals surface area (Å²) < 4.78 is 4.90. The van der Waals surface area contributed by atoms with Crippen LogP contribution in [0.15, 0.2) is 0 Å². The second-order valence-electron chi connectivity index (χ2n) is 6.32. The Labute approximate surface area is 134 Å². The van der Waals surface area contributed by atoms with Crippen LogP contribution in [0, 0.1) is 11.8 Å². The number of aldehydes is 1. The predicted molar refractivity (Wildman–Crippen MR) is 85.5 cm³/mol. The van der Waals surface area contributed by atoms with Gasteiger partial charge in [0, 0.05) is 6.42 Å². The summed E-state index contributed by atoms with van der Waals surface area (Å²) in [6.07, 6.45) is 12.3. The van der Waals surface area contributed by atoms with Gasteiger partial charge in [-0.05, 0) is 25.2 Å². The number of carbonyl (C=O) groups is 3. The molecule has 1 saturated heterocycles. The lowest BCUT2D eigenvalue weighted by Crippen LogP contribution is -2.25. The maximum atomic E-state index is 11.9. The Hall–Kier alpha value is -1.19. The lowest BCUT2D eigenvalue weighted by Gasteiger charge is -2.19. The number of ether oxygens (including phenoxy) is 1. The zero-order chi connectivity index (χ0) is 16.2. The summed E-state index contributed by atoms with van der Waals surface area (Å²) in [5.74, 6) is -0.670. The normalized spacial score (nSPS) is 19.2. The van der Waals surface area contributed by atoms with Crippen molar-refractivity contribution in [1.82, 2.24) is 0 Å². The van der Waals surface area contributed by atoms with Crippen LogP contribution in [0.25, 0.3) is 0 Å². The van der Waals surface area contributed by atoms with Crippen molar-refractivity contribution in [3.8, 4) is 0 Å². The highest BCUT2D eigenvalue weighted by Gasteiger charge is 2.40. The molecule has 1 heterocycles. The summed E-state index contributed by atoms with van der Waals surface area (Å²) in [5, 5.41) is 0. The van der Waals surface area contributed by atoms with E-state index in [1.807, 2.05) is 0 Å². The minimum absolute atomic E-state index is 0.0249. The van der Waals surface area contributed by atoms with Gasteiger partial charge in [0.2, 0.25) is 0 Å². The molecule has 0 N–H and O–H groups in total. The zero-order valence-corrected chi connectivity index (χ0v) is 13.9. The Morgan fingerprint density at radius 3 is 2.27 bits per heavy atom. The summed E-state index contributed by atoms with van der Waals surface area (Å²) in [4.78, 5) is 33.8. The molecule has 1 aliphatic heterocycles. The summed E-state index contributed by atoms with van der Waals surface area (Å²) >= 11 is 0. The number of unbranched alkanes of at least 4 members (excludes halogenated alkanes) is 7. The second kappa shape index (κ2) is 11.4. The fourth-order valence-electron chi connectivity index (χ4n) is 3.19. The van der Waals surface area contributed by atoms with Crippen molar-refractivity contribution < 1.29 is 19.1 Å². The van der Waals surface area contributed by atoms with Crippen molar-refractivity contribution in [1.29, 1.82) is 0 Å². The molecule has 2 unspecified atom stereocenters. The molecule has 22 heavy (non-hydrogen) atoms. The van der Waals surface area contributed by atoms with E-state index in [2.05, 4.69) is 6.92 Å². The van der Waals surface area contributed by atoms with Crippen molar-refractivity contribution in [2.24, 2.45) is 11.8 Å². The molecular weight excluding hydrogens is 280 g/mol. The Morgan fingerprint density at radius 2 is 1.68 bits per heavy atom. The standard InChI is InChI=1S/C18H30O4/c1-2-3-11-15(17-16(20)14-22-18(17)21)12-9-7-5-4-6-8-10-13-19/h13,15,17H,2-12,14H2,1H3. The number of hydrogen-bond donors (Lipinski definition) is 0. The van der Waals surface area contributed by atoms with Crippen LogP contribution in [0.5, 0.6) is 0 Å². The molecule has 0 aromatic rings. The van der Waals surface area contributed by atoms with Gasteiger partial charge in [0.1, 0.15) is 12.2 Å². The van der Waals surface area contributed by atoms with E-state index in [4.69, 9.17) is 4.74 Å². The molecule has 0 aromatic heterocycles. The quantitative estimate of drug-likeness (QED) is 0.224. The molecule has 0 radical (unpaired) electrons. The first-order valence-corrected chi connectivity index (χ1v) is 8.83. The molecular formula is C18H30O4. The molecule has 126 valence electrons. The van der Waals surface area contributed by atoms with E-state index in [-0.39, 0.29) is 24.3 Å². The number of cyclic esters (lactones) is 1. The van der Waals surface area contributed by atoms with E-state index in [9.17, 15) is 14.4 Å².